The molecule has 116 valence electrons. The third-order valence-electron chi connectivity index (χ3n) is 2.37. The lowest BCUT2D eigenvalue weighted by Gasteiger charge is -2.20. The van der Waals surface area contributed by atoms with Crippen LogP contribution in [0, 0.1) is 0 Å². The van der Waals surface area contributed by atoms with E-state index in [1.54, 1.807) is 0 Å². The standard InChI is InChI=1S/C15H21NO5/c1-6-13(17)16(7-9-20-14(18)11(2)3)8-10-21-15(19)12(4)5/h6H,1-2,4,7-10H2,3,5H3. The van der Waals surface area contributed by atoms with Gasteiger partial charge in [0.2, 0.25) is 5.91 Å². The molecule has 0 atom stereocenters. The molecule has 0 aliphatic heterocycles. The summed E-state index contributed by atoms with van der Waals surface area (Å²) in [6.45, 7) is 13.8. The number of carbonyl (C=O) groups excluding carboxylic acids is 3. The fraction of sp³-hybridized carbons (Fsp3) is 0.400. The van der Waals surface area contributed by atoms with E-state index in [4.69, 9.17) is 9.47 Å². The number of ether oxygens (including phenoxy) is 2. The summed E-state index contributed by atoms with van der Waals surface area (Å²) in [5.41, 5.74) is 0.568. The van der Waals surface area contributed by atoms with Crippen molar-refractivity contribution in [3.05, 3.63) is 37.0 Å². The minimum atomic E-state index is -0.519. The largest absolute Gasteiger partial charge is 0.460 e. The molecular formula is C15H21NO5. The van der Waals surface area contributed by atoms with Gasteiger partial charge in [-0.25, -0.2) is 9.59 Å². The second-order valence-electron chi connectivity index (χ2n) is 4.36. The maximum atomic E-state index is 11.6. The van der Waals surface area contributed by atoms with Gasteiger partial charge in [-0.1, -0.05) is 19.7 Å². The van der Waals surface area contributed by atoms with Crippen molar-refractivity contribution >= 4 is 17.8 Å². The van der Waals surface area contributed by atoms with E-state index in [0.29, 0.717) is 0 Å². The van der Waals surface area contributed by atoms with Gasteiger partial charge < -0.3 is 14.4 Å². The van der Waals surface area contributed by atoms with Crippen molar-refractivity contribution in [2.45, 2.75) is 13.8 Å². The van der Waals surface area contributed by atoms with Crippen molar-refractivity contribution in [2.75, 3.05) is 26.3 Å². The van der Waals surface area contributed by atoms with E-state index in [1.165, 1.54) is 18.7 Å². The molecular weight excluding hydrogens is 274 g/mol. The van der Waals surface area contributed by atoms with E-state index >= 15 is 0 Å². The first kappa shape index (κ1) is 18.6. The van der Waals surface area contributed by atoms with Gasteiger partial charge in [0.1, 0.15) is 13.2 Å². The molecule has 21 heavy (non-hydrogen) atoms. The summed E-state index contributed by atoms with van der Waals surface area (Å²) in [6, 6.07) is 0. The summed E-state index contributed by atoms with van der Waals surface area (Å²) in [7, 11) is 0. The monoisotopic (exact) mass is 295 g/mol. The molecule has 1 amide bonds. The summed E-state index contributed by atoms with van der Waals surface area (Å²) in [4.78, 5) is 35.4. The predicted octanol–water partition coefficient (Wildman–Crippen LogP) is 1.24. The minimum absolute atomic E-state index is 0.0275. The van der Waals surface area contributed by atoms with Crippen LogP contribution in [0.4, 0.5) is 0 Å². The van der Waals surface area contributed by atoms with E-state index in [-0.39, 0.29) is 43.4 Å². The molecule has 0 aliphatic rings. The average Bonchev–Trinajstić information content (AvgIpc) is 2.43. The van der Waals surface area contributed by atoms with Gasteiger partial charge in [0.05, 0.1) is 13.1 Å². The molecule has 0 heterocycles. The highest BCUT2D eigenvalue weighted by atomic mass is 16.5. The Hall–Kier alpha value is -2.37. The summed E-state index contributed by atoms with van der Waals surface area (Å²) >= 11 is 0. The van der Waals surface area contributed by atoms with Gasteiger partial charge in [-0.05, 0) is 19.9 Å². The molecule has 0 aromatic rings. The molecule has 0 bridgehead atoms. The molecule has 0 aromatic carbocycles. The first-order valence-corrected chi connectivity index (χ1v) is 6.36. The molecule has 0 fully saturated rings. The Bertz CT molecular complexity index is 421. The first-order valence-electron chi connectivity index (χ1n) is 6.36. The number of hydrogen-bond donors (Lipinski definition) is 0. The zero-order valence-corrected chi connectivity index (χ0v) is 12.5. The zero-order valence-electron chi connectivity index (χ0n) is 12.5. The van der Waals surface area contributed by atoms with Crippen molar-refractivity contribution in [2.24, 2.45) is 0 Å². The maximum Gasteiger partial charge on any atom is 0.333 e. The normalized spacial score (nSPS) is 9.43. The van der Waals surface area contributed by atoms with E-state index in [0.717, 1.165) is 6.08 Å². The third kappa shape index (κ3) is 7.71. The van der Waals surface area contributed by atoms with E-state index in [9.17, 15) is 14.4 Å². The number of nitrogens with zero attached hydrogens (tertiary/aromatic N) is 1. The fourth-order valence-corrected chi connectivity index (χ4v) is 1.20. The predicted molar refractivity (Wildman–Crippen MR) is 78.3 cm³/mol. The number of esters is 2. The number of amides is 1. The van der Waals surface area contributed by atoms with Gasteiger partial charge in [-0.3, -0.25) is 4.79 Å². The van der Waals surface area contributed by atoms with Crippen LogP contribution in [0.3, 0.4) is 0 Å². The van der Waals surface area contributed by atoms with Gasteiger partial charge in [-0.15, -0.1) is 0 Å². The molecule has 0 saturated carbocycles. The Morgan fingerprint density at radius 3 is 1.62 bits per heavy atom. The topological polar surface area (TPSA) is 72.9 Å². The molecule has 0 N–H and O–H groups in total. The molecule has 0 unspecified atom stereocenters. The Labute approximate surface area is 124 Å². The molecule has 0 radical (unpaired) electrons. The van der Waals surface area contributed by atoms with E-state index < -0.39 is 11.9 Å². The molecule has 6 heteroatoms. The van der Waals surface area contributed by atoms with Crippen molar-refractivity contribution < 1.29 is 23.9 Å². The molecule has 0 rings (SSSR count). The molecule has 0 spiro atoms. The zero-order chi connectivity index (χ0) is 16.4. The Morgan fingerprint density at radius 1 is 0.952 bits per heavy atom. The van der Waals surface area contributed by atoms with Crippen LogP contribution in [0.25, 0.3) is 0 Å². The second-order valence-corrected chi connectivity index (χ2v) is 4.36. The quantitative estimate of drug-likeness (QED) is 0.472. The van der Waals surface area contributed by atoms with Gasteiger partial charge in [0, 0.05) is 11.1 Å². The summed E-state index contributed by atoms with van der Waals surface area (Å²) in [6.07, 6.45) is 1.14. The Morgan fingerprint density at radius 2 is 1.33 bits per heavy atom. The van der Waals surface area contributed by atoms with Crippen LogP contribution >= 0.6 is 0 Å². The lowest BCUT2D eigenvalue weighted by molar-refractivity contribution is -0.142. The SMILES string of the molecule is C=CC(=O)N(CCOC(=O)C(=C)C)CCOC(=O)C(=C)C. The van der Waals surface area contributed by atoms with E-state index in [2.05, 4.69) is 19.7 Å². The van der Waals surface area contributed by atoms with Crippen molar-refractivity contribution in [1.29, 1.82) is 0 Å². The van der Waals surface area contributed by atoms with E-state index in [1.807, 2.05) is 0 Å². The summed E-state index contributed by atoms with van der Waals surface area (Å²) in [5.74, 6) is -1.38. The van der Waals surface area contributed by atoms with Crippen LogP contribution in [-0.2, 0) is 23.9 Å². The van der Waals surface area contributed by atoms with Crippen LogP contribution < -0.4 is 0 Å². The minimum Gasteiger partial charge on any atom is -0.460 e. The number of hydrogen-bond acceptors (Lipinski definition) is 5. The van der Waals surface area contributed by atoms with Gasteiger partial charge in [0.25, 0.3) is 0 Å². The smallest absolute Gasteiger partial charge is 0.333 e. The molecule has 6 nitrogen and oxygen atoms in total. The summed E-state index contributed by atoms with van der Waals surface area (Å²) in [5, 5.41) is 0. The lowest BCUT2D eigenvalue weighted by Crippen LogP contribution is -2.36. The highest BCUT2D eigenvalue weighted by Crippen LogP contribution is 1.97. The second kappa shape index (κ2) is 9.52. The Kier molecular flexibility index (Phi) is 8.45. The van der Waals surface area contributed by atoms with Crippen molar-refractivity contribution in [1.82, 2.24) is 4.90 Å². The van der Waals surface area contributed by atoms with Crippen molar-refractivity contribution in [3.8, 4) is 0 Å². The lowest BCUT2D eigenvalue weighted by atomic mass is 10.3. The van der Waals surface area contributed by atoms with Crippen LogP contribution in [0.15, 0.2) is 37.0 Å². The third-order valence-corrected chi connectivity index (χ3v) is 2.37. The highest BCUT2D eigenvalue weighted by Gasteiger charge is 2.13. The van der Waals surface area contributed by atoms with Crippen LogP contribution in [0.2, 0.25) is 0 Å². The maximum absolute atomic E-state index is 11.6. The average molecular weight is 295 g/mol. The summed E-state index contributed by atoms with van der Waals surface area (Å²) < 4.78 is 9.81. The number of rotatable bonds is 9. The van der Waals surface area contributed by atoms with Crippen LogP contribution in [0.1, 0.15) is 13.8 Å². The highest BCUT2D eigenvalue weighted by molar-refractivity contribution is 5.88. The number of carbonyl (C=O) groups is 3. The fourth-order valence-electron chi connectivity index (χ4n) is 1.20. The van der Waals surface area contributed by atoms with Gasteiger partial charge in [0.15, 0.2) is 0 Å². The first-order chi connectivity index (χ1) is 9.79. The van der Waals surface area contributed by atoms with Gasteiger partial charge in [-0.2, -0.15) is 0 Å². The molecule has 0 saturated heterocycles. The van der Waals surface area contributed by atoms with Crippen LogP contribution in [-0.4, -0.2) is 49.0 Å². The Balaban J connectivity index is 4.28. The van der Waals surface area contributed by atoms with Gasteiger partial charge >= 0.3 is 11.9 Å². The molecule has 0 aromatic heterocycles. The van der Waals surface area contributed by atoms with Crippen molar-refractivity contribution in [3.63, 3.8) is 0 Å². The van der Waals surface area contributed by atoms with Crippen LogP contribution in [0.5, 0.6) is 0 Å². The molecule has 0 aliphatic carbocycles.